The Morgan fingerprint density at radius 3 is 2.20 bits per heavy atom. The fourth-order valence-corrected chi connectivity index (χ4v) is 16.0. The lowest BCUT2D eigenvalue weighted by Gasteiger charge is -2.73. The number of allylic oxidation sites excluding steroid dienone is 1. The van der Waals surface area contributed by atoms with Gasteiger partial charge in [0, 0.05) is 31.0 Å². The fraction of sp³-hybridized carbons (Fsp3) is 0.896. The van der Waals surface area contributed by atoms with Crippen molar-refractivity contribution in [1.82, 2.24) is 9.80 Å². The molecule has 7 rings (SSSR count). The van der Waals surface area contributed by atoms with E-state index in [-0.39, 0.29) is 52.0 Å². The second-order valence-electron chi connectivity index (χ2n) is 22.7. The monoisotopic (exact) mass is 763 g/mol. The van der Waals surface area contributed by atoms with Crippen LogP contribution in [0.3, 0.4) is 0 Å². The first-order chi connectivity index (χ1) is 25.8. The summed E-state index contributed by atoms with van der Waals surface area (Å²) >= 11 is 0. The van der Waals surface area contributed by atoms with Crippen molar-refractivity contribution in [2.24, 2.45) is 62.1 Å². The lowest BCUT2D eigenvalue weighted by Crippen LogP contribution is -2.67. The molecule has 0 bridgehead atoms. The smallest absolute Gasteiger partial charge is 0.306 e. The van der Waals surface area contributed by atoms with Crippen LogP contribution in [0.15, 0.2) is 12.2 Å². The molecule has 7 nitrogen and oxygen atoms in total. The molecular weight excluding hydrogens is 685 g/mol. The molecule has 7 fully saturated rings. The van der Waals surface area contributed by atoms with E-state index in [9.17, 15) is 19.5 Å². The molecule has 55 heavy (non-hydrogen) atoms. The molecule has 0 aromatic carbocycles. The van der Waals surface area contributed by atoms with Gasteiger partial charge in [0.05, 0.1) is 12.8 Å². The van der Waals surface area contributed by atoms with Crippen molar-refractivity contribution in [3.05, 3.63) is 12.2 Å². The molecule has 1 N–H and O–H groups in total. The molecule has 1 amide bonds. The molecule has 7 aliphatic rings. The van der Waals surface area contributed by atoms with Gasteiger partial charge in [-0.2, -0.15) is 0 Å². The number of piperidine rings is 1. The summed E-state index contributed by atoms with van der Waals surface area (Å²) in [6.07, 6.45) is 18.6. The molecule has 2 saturated heterocycles. The van der Waals surface area contributed by atoms with E-state index in [2.05, 4.69) is 57.9 Å². The summed E-state index contributed by atoms with van der Waals surface area (Å²) < 4.78 is 6.32. The van der Waals surface area contributed by atoms with Gasteiger partial charge in [0.25, 0.3) is 0 Å². The summed E-state index contributed by atoms with van der Waals surface area (Å²) in [4.78, 5) is 44.3. The van der Waals surface area contributed by atoms with Gasteiger partial charge in [-0.15, -0.1) is 0 Å². The highest BCUT2D eigenvalue weighted by atomic mass is 16.5. The Hall–Kier alpha value is -1.89. The number of amides is 1. The predicted molar refractivity (Wildman–Crippen MR) is 219 cm³/mol. The number of esters is 1. The minimum Gasteiger partial charge on any atom is -0.481 e. The van der Waals surface area contributed by atoms with Crippen LogP contribution in [0.2, 0.25) is 0 Å². The van der Waals surface area contributed by atoms with Crippen LogP contribution in [0.5, 0.6) is 0 Å². The first-order valence-corrected chi connectivity index (χ1v) is 22.8. The van der Waals surface area contributed by atoms with E-state index < -0.39 is 11.4 Å². The van der Waals surface area contributed by atoms with Gasteiger partial charge in [-0.25, -0.2) is 0 Å². The third-order valence-corrected chi connectivity index (χ3v) is 18.8. The average Bonchev–Trinajstić information content (AvgIpc) is 3.71. The van der Waals surface area contributed by atoms with Gasteiger partial charge in [-0.1, -0.05) is 67.0 Å². The van der Waals surface area contributed by atoms with Gasteiger partial charge >= 0.3 is 11.9 Å². The van der Waals surface area contributed by atoms with Crippen molar-refractivity contribution in [1.29, 1.82) is 0 Å². The van der Waals surface area contributed by atoms with Crippen LogP contribution in [0.25, 0.3) is 0 Å². The Morgan fingerprint density at radius 2 is 1.51 bits per heavy atom. The van der Waals surface area contributed by atoms with Gasteiger partial charge < -0.3 is 19.6 Å². The molecule has 0 radical (unpaired) electrons. The van der Waals surface area contributed by atoms with Gasteiger partial charge in [-0.05, 0) is 167 Å². The number of carboxylic acid groups (broad SMARTS) is 1. The van der Waals surface area contributed by atoms with Crippen LogP contribution >= 0.6 is 0 Å². The molecule has 5 aliphatic carbocycles. The van der Waals surface area contributed by atoms with Crippen LogP contribution in [-0.4, -0.2) is 71.1 Å². The zero-order valence-electron chi connectivity index (χ0n) is 36.3. The van der Waals surface area contributed by atoms with Crippen LogP contribution in [-0.2, 0) is 19.1 Å². The fourth-order valence-electron chi connectivity index (χ4n) is 16.0. The number of fused-ring (bicyclic) bond motifs is 7. The van der Waals surface area contributed by atoms with Gasteiger partial charge in [0.1, 0.15) is 6.10 Å². The first kappa shape index (κ1) is 41.3. The second kappa shape index (κ2) is 14.7. The van der Waals surface area contributed by atoms with E-state index in [1.54, 1.807) is 0 Å². The topological polar surface area (TPSA) is 87.2 Å². The Labute approximate surface area is 334 Å². The standard InChI is InChI=1S/C48H78N2O5/c1-32(2)34-17-22-48(28-39(51)50-27-13-14-33(50)31-49-25-11-10-12-26-49)24-23-46(8)35(42(34)48)15-16-37-45(7)20-19-38(44(5,6)36(45)18-21-47(37,46)9)55-41(54)30-43(3,4)29-40(52)53/h33-38,42H,1,10-31H2,2-9H3,(H,52,53)/t33-,34+,35-,36+,37-,38+,42-,45+,46-,47-,48-/m1/s1. The average molecular weight is 763 g/mol. The summed E-state index contributed by atoms with van der Waals surface area (Å²) in [7, 11) is 0. The van der Waals surface area contributed by atoms with Crippen molar-refractivity contribution in [2.45, 2.75) is 183 Å². The van der Waals surface area contributed by atoms with E-state index >= 15 is 0 Å². The number of hydrogen-bond acceptors (Lipinski definition) is 5. The van der Waals surface area contributed by atoms with Crippen molar-refractivity contribution >= 4 is 17.8 Å². The van der Waals surface area contributed by atoms with E-state index in [0.29, 0.717) is 41.5 Å². The molecule has 0 unspecified atom stereocenters. The van der Waals surface area contributed by atoms with Crippen molar-refractivity contribution in [3.63, 3.8) is 0 Å². The number of hydrogen-bond donors (Lipinski definition) is 1. The summed E-state index contributed by atoms with van der Waals surface area (Å²) in [6.45, 7) is 27.7. The van der Waals surface area contributed by atoms with Gasteiger partial charge in [0.15, 0.2) is 0 Å². The molecule has 0 aromatic heterocycles. The summed E-state index contributed by atoms with van der Waals surface area (Å²) in [6, 6.07) is 0.393. The number of carboxylic acids is 1. The van der Waals surface area contributed by atoms with Crippen LogP contribution in [0.1, 0.15) is 171 Å². The Bertz CT molecular complexity index is 1500. The zero-order valence-corrected chi connectivity index (χ0v) is 36.3. The molecule has 7 heteroatoms. The van der Waals surface area contributed by atoms with Crippen molar-refractivity contribution in [3.8, 4) is 0 Å². The maximum Gasteiger partial charge on any atom is 0.306 e. The highest BCUT2D eigenvalue weighted by Crippen LogP contribution is 2.78. The summed E-state index contributed by atoms with van der Waals surface area (Å²) in [5, 5.41) is 9.38. The highest BCUT2D eigenvalue weighted by Gasteiger charge is 2.71. The van der Waals surface area contributed by atoms with Gasteiger partial charge in [-0.3, -0.25) is 14.4 Å². The SMILES string of the molecule is C=C(C)[C@@H]1CC[C@]2(CC(=O)N3CCC[C@@H]3CN3CCCCC3)CC[C@]3(C)[C@H](CC[C@@H]4[C@@]5(C)CC[C@H](OC(=O)CC(C)(C)CC(=O)O)C(C)(C)[C@@H]5CC[C@]43C)[C@@H]12. The normalized spacial score (nSPS) is 42.8. The quantitative estimate of drug-likeness (QED) is 0.176. The van der Waals surface area contributed by atoms with E-state index in [1.165, 1.54) is 82.9 Å². The molecule has 0 spiro atoms. The van der Waals surface area contributed by atoms with Crippen LogP contribution < -0.4 is 0 Å². The molecule has 0 aromatic rings. The third-order valence-electron chi connectivity index (χ3n) is 18.8. The number of nitrogens with zero attached hydrogens (tertiary/aromatic N) is 2. The Morgan fingerprint density at radius 1 is 0.782 bits per heavy atom. The number of likely N-dealkylation sites (tertiary alicyclic amines) is 2. The molecule has 310 valence electrons. The van der Waals surface area contributed by atoms with Crippen molar-refractivity contribution in [2.75, 3.05) is 26.2 Å². The maximum atomic E-state index is 14.6. The van der Waals surface area contributed by atoms with E-state index in [0.717, 1.165) is 51.6 Å². The van der Waals surface area contributed by atoms with Gasteiger partial charge in [0.2, 0.25) is 5.91 Å². The second-order valence-corrected chi connectivity index (χ2v) is 22.7. The highest BCUT2D eigenvalue weighted by molar-refractivity contribution is 5.78. The summed E-state index contributed by atoms with van der Waals surface area (Å²) in [5.41, 5.74) is 1.25. The third kappa shape index (κ3) is 7.06. The summed E-state index contributed by atoms with van der Waals surface area (Å²) in [5.74, 6) is 2.06. The number of ether oxygens (including phenoxy) is 1. The molecular formula is C48H78N2O5. The van der Waals surface area contributed by atoms with E-state index in [1.807, 2.05) is 13.8 Å². The number of rotatable bonds is 10. The number of aliphatic carboxylic acids is 1. The minimum absolute atomic E-state index is 0.0416. The molecule has 2 heterocycles. The number of carbonyl (C=O) groups is 3. The predicted octanol–water partition coefficient (Wildman–Crippen LogP) is 10.3. The molecule has 11 atom stereocenters. The van der Waals surface area contributed by atoms with Crippen molar-refractivity contribution < 1.29 is 24.2 Å². The first-order valence-electron chi connectivity index (χ1n) is 22.8. The van der Waals surface area contributed by atoms with Crippen LogP contribution in [0, 0.1) is 62.1 Å². The molecule has 5 saturated carbocycles. The van der Waals surface area contributed by atoms with E-state index in [4.69, 9.17) is 4.74 Å². The largest absolute Gasteiger partial charge is 0.481 e. The zero-order chi connectivity index (χ0) is 39.8. The lowest BCUT2D eigenvalue weighted by molar-refractivity contribution is -0.250. The Balaban J connectivity index is 1.09. The Kier molecular flexibility index (Phi) is 11.1. The number of carbonyl (C=O) groups excluding carboxylic acids is 2. The lowest BCUT2D eigenvalue weighted by atomic mass is 9.32. The van der Waals surface area contributed by atoms with Crippen LogP contribution in [0.4, 0.5) is 0 Å². The molecule has 2 aliphatic heterocycles. The maximum absolute atomic E-state index is 14.6. The minimum atomic E-state index is -0.876.